The van der Waals surface area contributed by atoms with Gasteiger partial charge in [-0.05, 0) is 35.7 Å². The smallest absolute Gasteiger partial charge is 0.339 e. The number of carbonyl (C=O) groups excluding carboxylic acids is 2. The van der Waals surface area contributed by atoms with Crippen molar-refractivity contribution in [1.29, 1.82) is 0 Å². The Hall–Kier alpha value is -2.67. The molecule has 0 saturated carbocycles. The van der Waals surface area contributed by atoms with E-state index >= 15 is 0 Å². The van der Waals surface area contributed by atoms with E-state index in [2.05, 4.69) is 5.32 Å². The van der Waals surface area contributed by atoms with E-state index in [1.807, 2.05) is 30.3 Å². The summed E-state index contributed by atoms with van der Waals surface area (Å²) in [6.45, 7) is 0. The number of hydrogen-bond acceptors (Lipinski definition) is 5. The van der Waals surface area contributed by atoms with Crippen LogP contribution in [0.15, 0.2) is 48.5 Å². The SMILES string of the molecule is O=C(N[C@@H]1CCS(=O)(=O)C1)c1ccc2c(c1)C[C@@H](c1ccccc1)OC2=O. The van der Waals surface area contributed by atoms with Gasteiger partial charge in [0.2, 0.25) is 0 Å². The number of amides is 1. The summed E-state index contributed by atoms with van der Waals surface area (Å²) in [7, 11) is -3.06. The number of nitrogens with one attached hydrogen (secondary N) is 1. The molecule has 1 N–H and O–H groups in total. The first-order chi connectivity index (χ1) is 12.9. The Morgan fingerprint density at radius 3 is 2.59 bits per heavy atom. The molecule has 0 aromatic heterocycles. The highest BCUT2D eigenvalue weighted by Gasteiger charge is 2.31. The molecule has 0 aliphatic carbocycles. The maximum absolute atomic E-state index is 12.5. The van der Waals surface area contributed by atoms with Crippen molar-refractivity contribution in [3.05, 3.63) is 70.8 Å². The van der Waals surface area contributed by atoms with Crippen LogP contribution in [0.5, 0.6) is 0 Å². The lowest BCUT2D eigenvalue weighted by molar-refractivity contribution is 0.0252. The molecular formula is C20H19NO5S. The molecule has 0 radical (unpaired) electrons. The zero-order valence-corrected chi connectivity index (χ0v) is 15.4. The number of ether oxygens (including phenoxy) is 1. The molecule has 140 valence electrons. The molecular weight excluding hydrogens is 366 g/mol. The van der Waals surface area contributed by atoms with Gasteiger partial charge in [-0.15, -0.1) is 0 Å². The Labute approximate surface area is 157 Å². The number of fused-ring (bicyclic) bond motifs is 1. The van der Waals surface area contributed by atoms with Gasteiger partial charge in [0.25, 0.3) is 5.91 Å². The number of carbonyl (C=O) groups is 2. The second-order valence-corrected chi connectivity index (χ2v) is 9.18. The lowest BCUT2D eigenvalue weighted by atomic mass is 9.93. The highest BCUT2D eigenvalue weighted by Crippen LogP contribution is 2.31. The van der Waals surface area contributed by atoms with E-state index in [4.69, 9.17) is 4.74 Å². The predicted octanol–water partition coefficient (Wildman–Crippen LogP) is 2.06. The molecule has 2 aliphatic heterocycles. The normalized spacial score (nSPS) is 23.3. The summed E-state index contributed by atoms with van der Waals surface area (Å²) in [5.74, 6) is -0.646. The van der Waals surface area contributed by atoms with E-state index in [0.717, 1.165) is 11.1 Å². The average molecular weight is 385 g/mol. The summed E-state index contributed by atoms with van der Waals surface area (Å²) in [6, 6.07) is 14.0. The van der Waals surface area contributed by atoms with Crippen molar-refractivity contribution in [2.75, 3.05) is 11.5 Å². The molecule has 2 aliphatic rings. The Morgan fingerprint density at radius 2 is 1.89 bits per heavy atom. The maximum atomic E-state index is 12.5. The second kappa shape index (κ2) is 6.81. The Balaban J connectivity index is 1.54. The molecule has 0 spiro atoms. The van der Waals surface area contributed by atoms with Crippen LogP contribution in [0.1, 0.15) is 44.4 Å². The van der Waals surface area contributed by atoms with Gasteiger partial charge in [-0.25, -0.2) is 13.2 Å². The summed E-state index contributed by atoms with van der Waals surface area (Å²) in [4.78, 5) is 24.8. The molecule has 4 rings (SSSR count). The number of esters is 1. The van der Waals surface area contributed by atoms with Crippen LogP contribution in [0.2, 0.25) is 0 Å². The van der Waals surface area contributed by atoms with E-state index in [9.17, 15) is 18.0 Å². The van der Waals surface area contributed by atoms with Gasteiger partial charge >= 0.3 is 5.97 Å². The van der Waals surface area contributed by atoms with Crippen molar-refractivity contribution < 1.29 is 22.7 Å². The monoisotopic (exact) mass is 385 g/mol. The Bertz CT molecular complexity index is 1000. The van der Waals surface area contributed by atoms with Gasteiger partial charge in [0.15, 0.2) is 9.84 Å². The molecule has 2 heterocycles. The Kier molecular flexibility index (Phi) is 4.47. The summed E-state index contributed by atoms with van der Waals surface area (Å²) in [6.07, 6.45) is 0.537. The fourth-order valence-corrected chi connectivity index (χ4v) is 5.24. The Morgan fingerprint density at radius 1 is 1.11 bits per heavy atom. The van der Waals surface area contributed by atoms with Gasteiger partial charge in [-0.3, -0.25) is 4.79 Å². The number of rotatable bonds is 3. The van der Waals surface area contributed by atoms with Crippen molar-refractivity contribution in [1.82, 2.24) is 5.32 Å². The minimum atomic E-state index is -3.06. The fraction of sp³-hybridized carbons (Fsp3) is 0.300. The zero-order valence-electron chi connectivity index (χ0n) is 14.6. The van der Waals surface area contributed by atoms with Crippen LogP contribution in [0, 0.1) is 0 Å². The third kappa shape index (κ3) is 3.73. The highest BCUT2D eigenvalue weighted by atomic mass is 32.2. The quantitative estimate of drug-likeness (QED) is 0.817. The topological polar surface area (TPSA) is 89.5 Å². The molecule has 1 fully saturated rings. The lowest BCUT2D eigenvalue weighted by Gasteiger charge is -2.25. The molecule has 0 unspecified atom stereocenters. The van der Waals surface area contributed by atoms with Gasteiger partial charge in [-0.1, -0.05) is 30.3 Å². The number of benzene rings is 2. The molecule has 6 nitrogen and oxygen atoms in total. The van der Waals surface area contributed by atoms with Crippen LogP contribution in [0.3, 0.4) is 0 Å². The van der Waals surface area contributed by atoms with Gasteiger partial charge in [-0.2, -0.15) is 0 Å². The highest BCUT2D eigenvalue weighted by molar-refractivity contribution is 7.91. The molecule has 1 saturated heterocycles. The third-order valence-corrected chi connectivity index (χ3v) is 6.75. The third-order valence-electron chi connectivity index (χ3n) is 4.98. The first-order valence-corrected chi connectivity index (χ1v) is 10.6. The molecule has 1 amide bonds. The summed E-state index contributed by atoms with van der Waals surface area (Å²) < 4.78 is 28.6. The lowest BCUT2D eigenvalue weighted by Crippen LogP contribution is -2.35. The average Bonchev–Trinajstić information content (AvgIpc) is 3.00. The zero-order chi connectivity index (χ0) is 19.0. The van der Waals surface area contributed by atoms with E-state index in [1.54, 1.807) is 18.2 Å². The fourth-order valence-electron chi connectivity index (χ4n) is 3.57. The van der Waals surface area contributed by atoms with Crippen LogP contribution < -0.4 is 5.32 Å². The summed E-state index contributed by atoms with van der Waals surface area (Å²) in [5.41, 5.74) is 2.54. The summed E-state index contributed by atoms with van der Waals surface area (Å²) >= 11 is 0. The molecule has 7 heteroatoms. The second-order valence-electron chi connectivity index (χ2n) is 6.95. The predicted molar refractivity (Wildman–Crippen MR) is 99.3 cm³/mol. The number of sulfone groups is 1. The van der Waals surface area contributed by atoms with Crippen molar-refractivity contribution in [3.8, 4) is 0 Å². The van der Waals surface area contributed by atoms with Crippen molar-refractivity contribution in [3.63, 3.8) is 0 Å². The van der Waals surface area contributed by atoms with Crippen molar-refractivity contribution >= 4 is 21.7 Å². The first-order valence-electron chi connectivity index (χ1n) is 8.81. The van der Waals surface area contributed by atoms with Gasteiger partial charge in [0.1, 0.15) is 6.10 Å². The van der Waals surface area contributed by atoms with E-state index < -0.39 is 15.8 Å². The largest absolute Gasteiger partial charge is 0.454 e. The van der Waals surface area contributed by atoms with Crippen molar-refractivity contribution in [2.45, 2.75) is 25.0 Å². The van der Waals surface area contributed by atoms with E-state index in [-0.39, 0.29) is 29.6 Å². The molecule has 2 atom stereocenters. The van der Waals surface area contributed by atoms with Crippen LogP contribution in [-0.4, -0.2) is 37.8 Å². The van der Waals surface area contributed by atoms with Gasteiger partial charge < -0.3 is 10.1 Å². The van der Waals surface area contributed by atoms with Crippen LogP contribution in [-0.2, 0) is 21.0 Å². The maximum Gasteiger partial charge on any atom is 0.339 e. The van der Waals surface area contributed by atoms with Crippen LogP contribution in [0.4, 0.5) is 0 Å². The van der Waals surface area contributed by atoms with E-state index in [1.165, 1.54) is 0 Å². The number of cyclic esters (lactones) is 1. The summed E-state index contributed by atoms with van der Waals surface area (Å²) in [5, 5.41) is 2.78. The van der Waals surface area contributed by atoms with Crippen LogP contribution in [0.25, 0.3) is 0 Å². The minimum Gasteiger partial charge on any atom is -0.454 e. The van der Waals surface area contributed by atoms with Gasteiger partial charge in [0.05, 0.1) is 17.1 Å². The molecule has 2 aromatic rings. The standard InChI is InChI=1S/C20H19NO5S/c22-19(21-16-8-9-27(24,25)12-16)14-6-7-17-15(10-14)11-18(26-20(17)23)13-4-2-1-3-5-13/h1-7,10,16,18H,8-9,11-12H2,(H,21,22)/t16-,18+/m1/s1. The molecule has 0 bridgehead atoms. The molecule has 27 heavy (non-hydrogen) atoms. The van der Waals surface area contributed by atoms with Gasteiger partial charge in [0, 0.05) is 18.0 Å². The van der Waals surface area contributed by atoms with Crippen molar-refractivity contribution in [2.24, 2.45) is 0 Å². The number of hydrogen-bond donors (Lipinski definition) is 1. The van der Waals surface area contributed by atoms with Crippen LogP contribution >= 0.6 is 0 Å². The molecule has 2 aromatic carbocycles. The first kappa shape index (κ1) is 17.7. The van der Waals surface area contributed by atoms with E-state index in [0.29, 0.717) is 24.0 Å². The minimum absolute atomic E-state index is 0.0217.